The molecule has 0 saturated carbocycles. The lowest BCUT2D eigenvalue weighted by Crippen LogP contribution is -2.36. The van der Waals surface area contributed by atoms with Crippen LogP contribution < -0.4 is 10.6 Å². The highest BCUT2D eigenvalue weighted by Crippen LogP contribution is 2.26. The minimum atomic E-state index is -0.965. The van der Waals surface area contributed by atoms with Crippen LogP contribution in [0, 0.1) is 12.8 Å². The van der Waals surface area contributed by atoms with E-state index in [0.29, 0.717) is 12.3 Å². The van der Waals surface area contributed by atoms with Crippen LogP contribution in [0.4, 0.5) is 5.82 Å². The monoisotopic (exact) mass is 277 g/mol. The van der Waals surface area contributed by atoms with Gasteiger partial charge in [-0.05, 0) is 37.3 Å². The molecule has 6 heteroatoms. The Morgan fingerprint density at radius 3 is 2.60 bits per heavy atom. The molecule has 0 radical (unpaired) electrons. The van der Waals surface area contributed by atoms with Crippen molar-refractivity contribution in [3.05, 3.63) is 23.4 Å². The van der Waals surface area contributed by atoms with Crippen molar-refractivity contribution in [2.45, 2.75) is 26.2 Å². The Hall–Kier alpha value is -2.11. The summed E-state index contributed by atoms with van der Waals surface area (Å²) in [6.07, 6.45) is 3.65. The molecule has 0 aromatic carbocycles. The van der Waals surface area contributed by atoms with Crippen LogP contribution in [0.25, 0.3) is 0 Å². The lowest BCUT2D eigenvalue weighted by Gasteiger charge is -2.33. The Bertz CT molecular complexity index is 522. The average molecular weight is 277 g/mol. The number of aryl methyl sites for hydroxylation is 1. The van der Waals surface area contributed by atoms with Crippen molar-refractivity contribution in [1.82, 2.24) is 4.98 Å². The van der Waals surface area contributed by atoms with E-state index in [2.05, 4.69) is 9.88 Å². The molecule has 1 saturated heterocycles. The van der Waals surface area contributed by atoms with E-state index in [-0.39, 0.29) is 11.5 Å². The van der Waals surface area contributed by atoms with Crippen LogP contribution in [-0.2, 0) is 4.79 Å². The lowest BCUT2D eigenvalue weighted by atomic mass is 9.93. The molecule has 1 aliphatic heterocycles. The summed E-state index contributed by atoms with van der Waals surface area (Å²) in [5, 5.41) is 8.93. The summed E-state index contributed by atoms with van der Waals surface area (Å²) >= 11 is 0. The molecule has 0 bridgehead atoms. The van der Waals surface area contributed by atoms with Crippen molar-refractivity contribution in [3.63, 3.8) is 0 Å². The quantitative estimate of drug-likeness (QED) is 0.861. The van der Waals surface area contributed by atoms with E-state index >= 15 is 0 Å². The van der Waals surface area contributed by atoms with Gasteiger partial charge in [-0.3, -0.25) is 4.79 Å². The number of piperidine rings is 1. The first kappa shape index (κ1) is 14.3. The van der Waals surface area contributed by atoms with Crippen LogP contribution >= 0.6 is 0 Å². The number of carboxylic acid groups (broad SMARTS) is 1. The second-order valence-corrected chi connectivity index (χ2v) is 5.27. The minimum Gasteiger partial charge on any atom is -0.478 e. The highest BCUT2D eigenvalue weighted by atomic mass is 16.4. The van der Waals surface area contributed by atoms with Crippen LogP contribution in [0.15, 0.2) is 12.3 Å². The highest BCUT2D eigenvalue weighted by molar-refractivity contribution is 5.87. The number of primary amides is 1. The molecular formula is C14H19N3O3. The number of carboxylic acids is 1. The first-order chi connectivity index (χ1) is 9.47. The fourth-order valence-electron chi connectivity index (χ4n) is 2.65. The third kappa shape index (κ3) is 3.26. The van der Waals surface area contributed by atoms with Crippen molar-refractivity contribution >= 4 is 17.7 Å². The Kier molecular flexibility index (Phi) is 4.22. The zero-order valence-electron chi connectivity index (χ0n) is 11.5. The molecule has 2 heterocycles. The van der Waals surface area contributed by atoms with Crippen LogP contribution in [0.1, 0.15) is 35.2 Å². The van der Waals surface area contributed by atoms with Crippen LogP contribution in [0.2, 0.25) is 0 Å². The Labute approximate surface area is 117 Å². The maximum absolute atomic E-state index is 10.9. The van der Waals surface area contributed by atoms with Gasteiger partial charge in [-0.15, -0.1) is 0 Å². The summed E-state index contributed by atoms with van der Waals surface area (Å²) in [5.74, 6) is -0.0363. The van der Waals surface area contributed by atoms with Gasteiger partial charge < -0.3 is 15.7 Å². The second kappa shape index (κ2) is 5.90. The molecule has 1 amide bonds. The standard InChI is InChI=1S/C14H19N3O3/c1-9-6-11(14(19)20)8-16-13(9)17-4-2-10(3-5-17)7-12(15)18/h6,8,10H,2-5,7H2,1H3,(H2,15,18)(H,19,20). The zero-order valence-corrected chi connectivity index (χ0v) is 11.5. The Morgan fingerprint density at radius 1 is 1.45 bits per heavy atom. The lowest BCUT2D eigenvalue weighted by molar-refractivity contribution is -0.119. The topological polar surface area (TPSA) is 96.5 Å². The van der Waals surface area contributed by atoms with Crippen molar-refractivity contribution in [1.29, 1.82) is 0 Å². The van der Waals surface area contributed by atoms with Crippen molar-refractivity contribution in [2.24, 2.45) is 11.7 Å². The molecular weight excluding hydrogens is 258 g/mol. The predicted molar refractivity (Wildman–Crippen MR) is 74.7 cm³/mol. The van der Waals surface area contributed by atoms with Crippen molar-refractivity contribution < 1.29 is 14.7 Å². The van der Waals surface area contributed by atoms with Crippen LogP contribution in [0.5, 0.6) is 0 Å². The Balaban J connectivity index is 2.03. The number of aromatic nitrogens is 1. The summed E-state index contributed by atoms with van der Waals surface area (Å²) in [6, 6.07) is 1.64. The number of rotatable bonds is 4. The van der Waals surface area contributed by atoms with Gasteiger partial charge in [0.05, 0.1) is 5.56 Å². The summed E-state index contributed by atoms with van der Waals surface area (Å²) in [4.78, 5) is 28.2. The summed E-state index contributed by atoms with van der Waals surface area (Å²) in [6.45, 7) is 3.50. The molecule has 1 aromatic rings. The van der Waals surface area contributed by atoms with Gasteiger partial charge in [-0.2, -0.15) is 0 Å². The zero-order chi connectivity index (χ0) is 14.7. The van der Waals surface area contributed by atoms with Gasteiger partial charge in [0.25, 0.3) is 0 Å². The predicted octanol–water partition coefficient (Wildman–Crippen LogP) is 1.18. The van der Waals surface area contributed by atoms with E-state index in [9.17, 15) is 9.59 Å². The third-order valence-corrected chi connectivity index (χ3v) is 3.70. The number of pyridine rings is 1. The largest absolute Gasteiger partial charge is 0.478 e. The first-order valence-corrected chi connectivity index (χ1v) is 6.70. The number of anilines is 1. The van der Waals surface area contributed by atoms with Gasteiger partial charge in [0.1, 0.15) is 5.82 Å². The van der Waals surface area contributed by atoms with E-state index in [4.69, 9.17) is 10.8 Å². The summed E-state index contributed by atoms with van der Waals surface area (Å²) in [7, 11) is 0. The SMILES string of the molecule is Cc1cc(C(=O)O)cnc1N1CCC(CC(N)=O)CC1. The summed E-state index contributed by atoms with van der Waals surface area (Å²) in [5.41, 5.74) is 6.28. The van der Waals surface area contributed by atoms with Gasteiger partial charge in [0.2, 0.25) is 5.91 Å². The van der Waals surface area contributed by atoms with Gasteiger partial charge in [-0.1, -0.05) is 0 Å². The number of hydrogen-bond acceptors (Lipinski definition) is 4. The van der Waals surface area contributed by atoms with Crippen molar-refractivity contribution in [2.75, 3.05) is 18.0 Å². The molecule has 0 unspecified atom stereocenters. The minimum absolute atomic E-state index is 0.204. The average Bonchev–Trinajstić information content (AvgIpc) is 2.39. The van der Waals surface area contributed by atoms with Crippen molar-refractivity contribution in [3.8, 4) is 0 Å². The molecule has 108 valence electrons. The van der Waals surface area contributed by atoms with Gasteiger partial charge >= 0.3 is 5.97 Å². The van der Waals surface area contributed by atoms with E-state index in [1.807, 2.05) is 6.92 Å². The number of aromatic carboxylic acids is 1. The first-order valence-electron chi connectivity index (χ1n) is 6.70. The maximum Gasteiger partial charge on any atom is 0.337 e. The molecule has 0 spiro atoms. The van der Waals surface area contributed by atoms with Crippen LogP contribution in [0.3, 0.4) is 0 Å². The molecule has 20 heavy (non-hydrogen) atoms. The van der Waals surface area contributed by atoms with Gasteiger partial charge in [-0.25, -0.2) is 9.78 Å². The molecule has 0 atom stereocenters. The Morgan fingerprint density at radius 2 is 2.10 bits per heavy atom. The number of nitrogens with two attached hydrogens (primary N) is 1. The fraction of sp³-hybridized carbons (Fsp3) is 0.500. The number of hydrogen-bond donors (Lipinski definition) is 2. The van der Waals surface area contributed by atoms with Gasteiger partial charge in [0.15, 0.2) is 0 Å². The molecule has 1 aliphatic rings. The highest BCUT2D eigenvalue weighted by Gasteiger charge is 2.22. The molecule has 0 aliphatic carbocycles. The second-order valence-electron chi connectivity index (χ2n) is 5.27. The smallest absolute Gasteiger partial charge is 0.337 e. The van der Waals surface area contributed by atoms with E-state index in [1.54, 1.807) is 6.07 Å². The van der Waals surface area contributed by atoms with Gasteiger partial charge in [0, 0.05) is 25.7 Å². The van der Waals surface area contributed by atoms with E-state index < -0.39 is 5.97 Å². The third-order valence-electron chi connectivity index (χ3n) is 3.70. The van der Waals surface area contributed by atoms with E-state index in [0.717, 1.165) is 37.3 Å². The molecule has 6 nitrogen and oxygen atoms in total. The van der Waals surface area contributed by atoms with E-state index in [1.165, 1.54) is 6.20 Å². The van der Waals surface area contributed by atoms with Crippen LogP contribution in [-0.4, -0.2) is 35.1 Å². The molecule has 2 rings (SSSR count). The summed E-state index contributed by atoms with van der Waals surface area (Å²) < 4.78 is 0. The number of nitrogens with zero attached hydrogens (tertiary/aromatic N) is 2. The molecule has 1 aromatic heterocycles. The normalized spacial score (nSPS) is 16.1. The number of carbonyl (C=O) groups excluding carboxylic acids is 1. The maximum atomic E-state index is 10.9. The fourth-order valence-corrected chi connectivity index (χ4v) is 2.65. The number of carbonyl (C=O) groups is 2. The molecule has 1 fully saturated rings. The molecule has 3 N–H and O–H groups in total. The number of amides is 1.